The molecule has 0 radical (unpaired) electrons. The number of benzene rings is 7. The molecule has 0 saturated carbocycles. The predicted molar refractivity (Wildman–Crippen MR) is 218 cm³/mol. The first-order valence-corrected chi connectivity index (χ1v) is 18.9. The monoisotopic (exact) mass is 706 g/mol. The van der Waals surface area contributed by atoms with Crippen molar-refractivity contribution in [3.8, 4) is 56.4 Å². The molecule has 252 valence electrons. The quantitative estimate of drug-likeness (QED) is 0.182. The van der Waals surface area contributed by atoms with Crippen molar-refractivity contribution in [3.63, 3.8) is 0 Å². The van der Waals surface area contributed by atoms with Crippen molar-refractivity contribution in [2.45, 2.75) is 15.2 Å². The molecule has 11 rings (SSSR count). The van der Waals surface area contributed by atoms with Crippen LogP contribution in [0.5, 0.6) is 0 Å². The summed E-state index contributed by atoms with van der Waals surface area (Å²) in [6.45, 7) is 0. The first-order chi connectivity index (χ1) is 26.8. The minimum Gasteiger partial charge on any atom is -0.256 e. The fraction of sp³-hybridized carbons (Fsp3) is 0.0204. The lowest BCUT2D eigenvalue weighted by molar-refractivity contribution is 0.723. The molecule has 3 heterocycles. The highest BCUT2D eigenvalue weighted by Crippen LogP contribution is 2.62. The number of fused-ring (bicyclic) bond motifs is 10. The zero-order chi connectivity index (χ0) is 35.6. The Morgan fingerprint density at radius 3 is 1.52 bits per heavy atom. The summed E-state index contributed by atoms with van der Waals surface area (Å²) in [6, 6.07) is 62.6. The minimum absolute atomic E-state index is 0.496. The smallest absolute Gasteiger partial charge is 0.164 e. The molecule has 5 heteroatoms. The van der Waals surface area contributed by atoms with Gasteiger partial charge in [0.25, 0.3) is 0 Å². The van der Waals surface area contributed by atoms with E-state index in [1.165, 1.54) is 54.3 Å². The van der Waals surface area contributed by atoms with Gasteiger partial charge in [-0.05, 0) is 68.8 Å². The lowest BCUT2D eigenvalue weighted by Gasteiger charge is -2.40. The molecule has 0 unspecified atom stereocenters. The third-order valence-electron chi connectivity index (χ3n) is 10.9. The van der Waals surface area contributed by atoms with Gasteiger partial charge in [0.05, 0.1) is 10.9 Å². The fourth-order valence-corrected chi connectivity index (χ4v) is 9.78. The van der Waals surface area contributed by atoms with Crippen LogP contribution in [-0.4, -0.2) is 19.9 Å². The molecule has 1 aliphatic carbocycles. The van der Waals surface area contributed by atoms with Crippen LogP contribution in [0.15, 0.2) is 192 Å². The minimum atomic E-state index is -0.496. The number of hydrogen-bond acceptors (Lipinski definition) is 5. The molecule has 0 atom stereocenters. The van der Waals surface area contributed by atoms with Crippen molar-refractivity contribution in [2.24, 2.45) is 0 Å². The van der Waals surface area contributed by atoms with Crippen LogP contribution in [0.1, 0.15) is 22.3 Å². The second kappa shape index (κ2) is 12.2. The van der Waals surface area contributed by atoms with Gasteiger partial charge in [0.2, 0.25) is 0 Å². The predicted octanol–water partition coefficient (Wildman–Crippen LogP) is 11.9. The van der Waals surface area contributed by atoms with Crippen molar-refractivity contribution >= 4 is 22.7 Å². The average Bonchev–Trinajstić information content (AvgIpc) is 3.54. The van der Waals surface area contributed by atoms with E-state index in [0.29, 0.717) is 17.5 Å². The normalized spacial score (nSPS) is 13.3. The summed E-state index contributed by atoms with van der Waals surface area (Å²) in [5, 5.41) is 1.15. The summed E-state index contributed by atoms with van der Waals surface area (Å²) in [6.07, 6.45) is 1.86. The van der Waals surface area contributed by atoms with E-state index < -0.39 is 5.41 Å². The van der Waals surface area contributed by atoms with Crippen molar-refractivity contribution in [3.05, 3.63) is 204 Å². The molecule has 54 heavy (non-hydrogen) atoms. The standard InChI is InChI=1S/C49H30N4S/c1-3-13-31(14-4-1)46-51-47(32-15-5-2-6-16-32)53-48(52-46)34-25-27-42-45(30-34)54-44-29-33(35-19-11-23-43-38(35)20-12-28-50-43)24-26-41(44)49(42)39-21-9-7-17-36(39)37-18-8-10-22-40(37)49/h1-30H. The van der Waals surface area contributed by atoms with E-state index in [4.69, 9.17) is 15.0 Å². The molecule has 0 saturated heterocycles. The number of nitrogens with zero attached hydrogens (tertiary/aromatic N) is 4. The zero-order valence-electron chi connectivity index (χ0n) is 29.0. The van der Waals surface area contributed by atoms with Crippen molar-refractivity contribution in [1.82, 2.24) is 19.9 Å². The van der Waals surface area contributed by atoms with Crippen LogP contribution in [0, 0.1) is 0 Å². The molecule has 1 aliphatic heterocycles. The topological polar surface area (TPSA) is 51.6 Å². The highest BCUT2D eigenvalue weighted by Gasteiger charge is 2.50. The molecule has 2 aromatic heterocycles. The molecular weight excluding hydrogens is 677 g/mol. The molecule has 0 amide bonds. The summed E-state index contributed by atoms with van der Waals surface area (Å²) in [5.74, 6) is 1.95. The highest BCUT2D eigenvalue weighted by atomic mass is 32.2. The van der Waals surface area contributed by atoms with E-state index in [-0.39, 0.29) is 0 Å². The molecule has 7 aromatic carbocycles. The Bertz CT molecular complexity index is 2810. The maximum absolute atomic E-state index is 5.10. The van der Waals surface area contributed by atoms with Crippen LogP contribution in [0.2, 0.25) is 0 Å². The number of hydrogen-bond donors (Lipinski definition) is 0. The second-order valence-corrected chi connectivity index (χ2v) is 14.9. The fourth-order valence-electron chi connectivity index (χ4n) is 8.51. The van der Waals surface area contributed by atoms with Crippen molar-refractivity contribution in [2.75, 3.05) is 0 Å². The van der Waals surface area contributed by atoms with Gasteiger partial charge in [-0.1, -0.05) is 163 Å². The van der Waals surface area contributed by atoms with E-state index >= 15 is 0 Å². The van der Waals surface area contributed by atoms with E-state index in [0.717, 1.165) is 27.6 Å². The van der Waals surface area contributed by atoms with Crippen LogP contribution in [0.4, 0.5) is 0 Å². The summed E-state index contributed by atoms with van der Waals surface area (Å²) in [5.41, 5.74) is 13.4. The third-order valence-corrected chi connectivity index (χ3v) is 12.0. The molecular formula is C49H30N4S. The molecule has 0 N–H and O–H groups in total. The lowest BCUT2D eigenvalue weighted by Crippen LogP contribution is -2.32. The van der Waals surface area contributed by atoms with Gasteiger partial charge in [0, 0.05) is 38.1 Å². The Labute approximate surface area is 317 Å². The zero-order valence-corrected chi connectivity index (χ0v) is 29.8. The van der Waals surface area contributed by atoms with Gasteiger partial charge in [0.15, 0.2) is 17.5 Å². The Morgan fingerprint density at radius 2 is 0.889 bits per heavy atom. The molecule has 0 bridgehead atoms. The maximum Gasteiger partial charge on any atom is 0.164 e. The first-order valence-electron chi connectivity index (χ1n) is 18.1. The third kappa shape index (κ3) is 4.65. The molecule has 2 aliphatic rings. The van der Waals surface area contributed by atoms with Gasteiger partial charge in [-0.25, -0.2) is 15.0 Å². The molecule has 1 spiro atoms. The largest absolute Gasteiger partial charge is 0.256 e. The van der Waals surface area contributed by atoms with E-state index in [1.54, 1.807) is 0 Å². The number of pyridine rings is 1. The Hall–Kier alpha value is -6.69. The Kier molecular flexibility index (Phi) is 6.97. The number of aromatic nitrogens is 4. The first kappa shape index (κ1) is 30.9. The van der Waals surface area contributed by atoms with E-state index in [9.17, 15) is 0 Å². The Morgan fingerprint density at radius 1 is 0.370 bits per heavy atom. The van der Waals surface area contributed by atoms with Crippen LogP contribution < -0.4 is 0 Å². The highest BCUT2D eigenvalue weighted by molar-refractivity contribution is 7.99. The van der Waals surface area contributed by atoms with Gasteiger partial charge in [-0.2, -0.15) is 0 Å². The SMILES string of the molecule is c1ccc(-c2nc(-c3ccccc3)nc(-c3ccc4c(c3)Sc3cc(-c5cccc6ncccc56)ccc3C43c4ccccc4-c4ccccc43)n2)cc1. The van der Waals surface area contributed by atoms with Crippen LogP contribution >= 0.6 is 11.8 Å². The molecule has 0 fully saturated rings. The average molecular weight is 707 g/mol. The van der Waals surface area contributed by atoms with Crippen LogP contribution in [0.3, 0.4) is 0 Å². The second-order valence-electron chi connectivity index (χ2n) is 13.8. The van der Waals surface area contributed by atoms with Crippen molar-refractivity contribution < 1.29 is 0 Å². The van der Waals surface area contributed by atoms with E-state index in [1.807, 2.05) is 60.4 Å². The summed E-state index contributed by atoms with van der Waals surface area (Å²) < 4.78 is 0. The summed E-state index contributed by atoms with van der Waals surface area (Å²) in [7, 11) is 0. The Balaban J connectivity index is 1.15. The van der Waals surface area contributed by atoms with Gasteiger partial charge < -0.3 is 0 Å². The molecule has 4 nitrogen and oxygen atoms in total. The lowest BCUT2D eigenvalue weighted by atomic mass is 9.67. The number of rotatable bonds is 4. The van der Waals surface area contributed by atoms with Gasteiger partial charge in [-0.3, -0.25) is 4.98 Å². The van der Waals surface area contributed by atoms with Crippen molar-refractivity contribution in [1.29, 1.82) is 0 Å². The summed E-state index contributed by atoms with van der Waals surface area (Å²) >= 11 is 1.83. The van der Waals surface area contributed by atoms with Crippen LogP contribution in [0.25, 0.3) is 67.3 Å². The summed E-state index contributed by atoms with van der Waals surface area (Å²) in [4.78, 5) is 22.2. The van der Waals surface area contributed by atoms with Gasteiger partial charge in [0.1, 0.15) is 0 Å². The van der Waals surface area contributed by atoms with Crippen LogP contribution in [-0.2, 0) is 5.41 Å². The molecule has 9 aromatic rings. The van der Waals surface area contributed by atoms with E-state index in [2.05, 4.69) is 138 Å². The van der Waals surface area contributed by atoms with Gasteiger partial charge >= 0.3 is 0 Å². The maximum atomic E-state index is 5.10. The van der Waals surface area contributed by atoms with Gasteiger partial charge in [-0.15, -0.1) is 0 Å².